The average molecular weight is 405 g/mol. The molecular formula is C19H25FN6OS. The number of rotatable bonds is 2. The van der Waals surface area contributed by atoms with E-state index in [0.29, 0.717) is 29.6 Å². The summed E-state index contributed by atoms with van der Waals surface area (Å²) >= 11 is 5.50. The predicted molar refractivity (Wildman–Crippen MR) is 114 cm³/mol. The summed E-state index contributed by atoms with van der Waals surface area (Å²) in [5.41, 5.74) is 4.05. The Kier molecular flexibility index (Phi) is 6.91. The zero-order valence-corrected chi connectivity index (χ0v) is 17.0. The van der Waals surface area contributed by atoms with E-state index in [1.54, 1.807) is 13.2 Å². The quantitative estimate of drug-likeness (QED) is 0.604. The van der Waals surface area contributed by atoms with E-state index in [4.69, 9.17) is 17.0 Å². The van der Waals surface area contributed by atoms with Gasteiger partial charge in [0.15, 0.2) is 10.9 Å². The van der Waals surface area contributed by atoms with E-state index < -0.39 is 5.83 Å². The summed E-state index contributed by atoms with van der Waals surface area (Å²) in [4.78, 5) is 12.9. The highest BCUT2D eigenvalue weighted by Crippen LogP contribution is 2.17. The molecule has 3 rings (SSSR count). The number of thiocarbonyl (C=S) groups is 1. The molecule has 28 heavy (non-hydrogen) atoms. The predicted octanol–water partition coefficient (Wildman–Crippen LogP) is 2.52. The Morgan fingerprint density at radius 3 is 2.71 bits per heavy atom. The molecule has 0 aromatic carbocycles. The lowest BCUT2D eigenvalue weighted by molar-refractivity contribution is 0.222. The maximum atomic E-state index is 13.8. The van der Waals surface area contributed by atoms with Gasteiger partial charge in [-0.05, 0) is 44.1 Å². The molecule has 9 heteroatoms. The SMILES string of the molecule is C/N=C1C(=N\NC(=S)N2CCN(c3ccccn3)CC2)/CCCOC/1=C(/C)F. The number of aliphatic imine (C=N–C) groups is 1. The Labute approximate surface area is 170 Å². The molecule has 0 atom stereocenters. The number of hydrazone groups is 1. The van der Waals surface area contributed by atoms with Crippen LogP contribution in [0.15, 0.2) is 46.1 Å². The van der Waals surface area contributed by atoms with E-state index >= 15 is 0 Å². The molecule has 2 aliphatic heterocycles. The first-order valence-corrected chi connectivity index (χ1v) is 9.75. The molecule has 3 heterocycles. The Bertz CT molecular complexity index is 783. The minimum atomic E-state index is -0.400. The van der Waals surface area contributed by atoms with Gasteiger partial charge < -0.3 is 14.5 Å². The molecular weight excluding hydrogens is 379 g/mol. The molecule has 7 nitrogen and oxygen atoms in total. The summed E-state index contributed by atoms with van der Waals surface area (Å²) in [7, 11) is 1.61. The van der Waals surface area contributed by atoms with Crippen molar-refractivity contribution in [3.63, 3.8) is 0 Å². The Morgan fingerprint density at radius 1 is 1.29 bits per heavy atom. The summed E-state index contributed by atoms with van der Waals surface area (Å²) in [6.07, 6.45) is 3.19. The first kappa shape index (κ1) is 20.2. The van der Waals surface area contributed by atoms with Gasteiger partial charge in [0.05, 0.1) is 12.3 Å². The van der Waals surface area contributed by atoms with Gasteiger partial charge in [0.25, 0.3) is 0 Å². The van der Waals surface area contributed by atoms with Crippen LogP contribution >= 0.6 is 12.2 Å². The molecule has 0 amide bonds. The molecule has 0 bridgehead atoms. The number of nitrogens with one attached hydrogen (secondary N) is 1. The molecule has 2 aliphatic rings. The lowest BCUT2D eigenvalue weighted by atomic mass is 10.1. The second-order valence-electron chi connectivity index (χ2n) is 6.52. The van der Waals surface area contributed by atoms with Crippen LogP contribution in [0, 0.1) is 0 Å². The molecule has 0 aliphatic carbocycles. The smallest absolute Gasteiger partial charge is 0.189 e. The summed E-state index contributed by atoms with van der Waals surface area (Å²) in [6.45, 7) is 5.02. The van der Waals surface area contributed by atoms with Crippen LogP contribution in [0.1, 0.15) is 19.8 Å². The second kappa shape index (κ2) is 9.59. The normalized spacial score (nSPS) is 22.7. The summed E-state index contributed by atoms with van der Waals surface area (Å²) in [5.74, 6) is 0.739. The third-order valence-electron chi connectivity index (χ3n) is 4.66. The van der Waals surface area contributed by atoms with Crippen molar-refractivity contribution >= 4 is 34.6 Å². The van der Waals surface area contributed by atoms with Crippen molar-refractivity contribution in [3.8, 4) is 0 Å². The van der Waals surface area contributed by atoms with Crippen LogP contribution in [-0.4, -0.2) is 66.3 Å². The molecule has 1 aromatic rings. The van der Waals surface area contributed by atoms with Crippen molar-refractivity contribution in [3.05, 3.63) is 36.0 Å². The zero-order chi connectivity index (χ0) is 19.9. The number of nitrogens with zero attached hydrogens (tertiary/aromatic N) is 5. The topological polar surface area (TPSA) is 65.4 Å². The summed E-state index contributed by atoms with van der Waals surface area (Å²) < 4.78 is 19.3. The maximum absolute atomic E-state index is 13.8. The number of anilines is 1. The van der Waals surface area contributed by atoms with Crippen LogP contribution in [0.3, 0.4) is 0 Å². The van der Waals surface area contributed by atoms with Crippen molar-refractivity contribution in [2.75, 3.05) is 44.7 Å². The monoisotopic (exact) mass is 404 g/mol. The van der Waals surface area contributed by atoms with Crippen LogP contribution in [0.4, 0.5) is 10.2 Å². The van der Waals surface area contributed by atoms with Crippen LogP contribution in [-0.2, 0) is 4.74 Å². The van der Waals surface area contributed by atoms with Crippen LogP contribution in [0.2, 0.25) is 0 Å². The van der Waals surface area contributed by atoms with E-state index in [1.165, 1.54) is 6.92 Å². The fraction of sp³-hybridized carbons (Fsp3) is 0.474. The highest BCUT2D eigenvalue weighted by Gasteiger charge is 2.23. The lowest BCUT2D eigenvalue weighted by Gasteiger charge is -2.36. The van der Waals surface area contributed by atoms with E-state index in [-0.39, 0.29) is 5.76 Å². The van der Waals surface area contributed by atoms with E-state index in [2.05, 4.69) is 30.3 Å². The maximum Gasteiger partial charge on any atom is 0.189 e. The van der Waals surface area contributed by atoms with E-state index in [9.17, 15) is 4.39 Å². The number of piperazine rings is 1. The molecule has 0 radical (unpaired) electrons. The molecule has 150 valence electrons. The summed E-state index contributed by atoms with van der Waals surface area (Å²) in [5, 5.41) is 4.98. The van der Waals surface area contributed by atoms with Crippen LogP contribution < -0.4 is 10.3 Å². The van der Waals surface area contributed by atoms with E-state index in [1.807, 2.05) is 18.2 Å². The highest BCUT2D eigenvalue weighted by atomic mass is 32.1. The van der Waals surface area contributed by atoms with Gasteiger partial charge >= 0.3 is 0 Å². The number of ether oxygens (including phenoxy) is 1. The summed E-state index contributed by atoms with van der Waals surface area (Å²) in [6, 6.07) is 5.91. The fourth-order valence-electron chi connectivity index (χ4n) is 3.20. The van der Waals surface area contributed by atoms with Gasteiger partial charge in [0.1, 0.15) is 17.4 Å². The highest BCUT2D eigenvalue weighted by molar-refractivity contribution is 7.80. The number of hydrogen-bond acceptors (Lipinski definition) is 6. The fourth-order valence-corrected chi connectivity index (χ4v) is 3.43. The van der Waals surface area contributed by atoms with Gasteiger partial charge in [-0.3, -0.25) is 10.4 Å². The molecule has 0 spiro atoms. The van der Waals surface area contributed by atoms with Crippen LogP contribution in [0.5, 0.6) is 0 Å². The van der Waals surface area contributed by atoms with Crippen LogP contribution in [0.25, 0.3) is 0 Å². The van der Waals surface area contributed by atoms with Crippen molar-refractivity contribution < 1.29 is 9.13 Å². The minimum Gasteiger partial charge on any atom is -0.489 e. The third-order valence-corrected chi connectivity index (χ3v) is 5.01. The van der Waals surface area contributed by atoms with E-state index in [0.717, 1.165) is 38.4 Å². The van der Waals surface area contributed by atoms with Crippen molar-refractivity contribution in [1.29, 1.82) is 0 Å². The minimum absolute atomic E-state index is 0.162. The van der Waals surface area contributed by atoms with Gasteiger partial charge in [-0.1, -0.05) is 6.07 Å². The standard InChI is InChI=1S/C19H25FN6OS/c1-14(20)18-17(21-2)15(6-5-13-27-18)23-24-19(28)26-11-9-25(10-12-26)16-7-3-4-8-22-16/h3-4,7-8H,5-6,9-13H2,1-2H3,(H,24,28)/b18-14-,21-17-,23-15-. The Balaban J connectivity index is 1.61. The number of halogens is 1. The van der Waals surface area contributed by atoms with Gasteiger partial charge in [-0.2, -0.15) is 5.10 Å². The number of allylic oxidation sites excluding steroid dienone is 2. The molecule has 2 fully saturated rings. The molecule has 0 saturated carbocycles. The van der Waals surface area contributed by atoms with Gasteiger partial charge in [-0.25, -0.2) is 9.37 Å². The second-order valence-corrected chi connectivity index (χ2v) is 6.91. The molecule has 1 N–H and O–H groups in total. The lowest BCUT2D eigenvalue weighted by Crippen LogP contribution is -2.51. The first-order valence-electron chi connectivity index (χ1n) is 9.34. The number of hydrogen-bond donors (Lipinski definition) is 1. The number of aromatic nitrogens is 1. The van der Waals surface area contributed by atoms with Crippen molar-refractivity contribution in [2.45, 2.75) is 19.8 Å². The number of pyridine rings is 1. The zero-order valence-electron chi connectivity index (χ0n) is 16.2. The Hall–Kier alpha value is -2.55. The molecule has 0 unspecified atom stereocenters. The molecule has 2 saturated heterocycles. The molecule has 1 aromatic heterocycles. The average Bonchev–Trinajstić information content (AvgIpc) is 2.94. The van der Waals surface area contributed by atoms with Crippen molar-refractivity contribution in [1.82, 2.24) is 15.3 Å². The Morgan fingerprint density at radius 2 is 2.07 bits per heavy atom. The van der Waals surface area contributed by atoms with Gasteiger partial charge in [0, 0.05) is 39.4 Å². The first-order chi connectivity index (χ1) is 13.6. The van der Waals surface area contributed by atoms with Crippen molar-refractivity contribution in [2.24, 2.45) is 10.1 Å². The van der Waals surface area contributed by atoms with Gasteiger partial charge in [-0.15, -0.1) is 0 Å². The largest absolute Gasteiger partial charge is 0.489 e. The third kappa shape index (κ3) is 4.83. The van der Waals surface area contributed by atoms with Gasteiger partial charge in [0.2, 0.25) is 0 Å².